The number of ketones is 1. The highest BCUT2D eigenvalue weighted by molar-refractivity contribution is 6.31. The lowest BCUT2D eigenvalue weighted by Gasteiger charge is -2.31. The number of halogens is 1. The molecule has 0 aromatic heterocycles. The van der Waals surface area contributed by atoms with Gasteiger partial charge in [-0.25, -0.2) is 0 Å². The zero-order chi connectivity index (χ0) is 13.7. The van der Waals surface area contributed by atoms with Crippen LogP contribution >= 0.6 is 11.6 Å². The number of carbonyl (C=O) groups is 1. The van der Waals surface area contributed by atoms with Gasteiger partial charge in [-0.15, -0.1) is 0 Å². The fourth-order valence-electron chi connectivity index (χ4n) is 2.91. The van der Waals surface area contributed by atoms with E-state index in [0.717, 1.165) is 25.7 Å². The Hall–Kier alpha value is -0.860. The molecule has 1 aromatic rings. The highest BCUT2D eigenvalue weighted by Gasteiger charge is 2.39. The van der Waals surface area contributed by atoms with Crippen LogP contribution in [0.15, 0.2) is 24.3 Å². The summed E-state index contributed by atoms with van der Waals surface area (Å²) in [5.74, 6) is 0.0961. The van der Waals surface area contributed by atoms with E-state index in [-0.39, 0.29) is 5.78 Å². The van der Waals surface area contributed by atoms with Crippen LogP contribution in [-0.2, 0) is 4.74 Å². The summed E-state index contributed by atoms with van der Waals surface area (Å²) in [4.78, 5) is 12.8. The van der Waals surface area contributed by atoms with Gasteiger partial charge >= 0.3 is 0 Å². The summed E-state index contributed by atoms with van der Waals surface area (Å²) >= 11 is 5.99. The van der Waals surface area contributed by atoms with Crippen LogP contribution in [0.1, 0.15) is 55.8 Å². The SMILES string of the molecule is CCOC1(C(=O)c2cccc(Cl)c2)CCCCCC1. The molecule has 0 atom stereocenters. The standard InChI is InChI=1S/C16H21ClO2/c1-2-19-16(10-5-3-4-6-11-16)15(18)13-8-7-9-14(17)12-13/h7-9,12H,2-6,10-11H2,1H3. The van der Waals surface area contributed by atoms with Crippen LogP contribution in [-0.4, -0.2) is 18.0 Å². The van der Waals surface area contributed by atoms with Gasteiger partial charge in [0, 0.05) is 17.2 Å². The molecule has 0 heterocycles. The van der Waals surface area contributed by atoms with Crippen molar-refractivity contribution in [3.05, 3.63) is 34.9 Å². The predicted octanol–water partition coefficient (Wildman–Crippen LogP) is 4.65. The van der Waals surface area contributed by atoms with E-state index in [9.17, 15) is 4.79 Å². The number of benzene rings is 1. The van der Waals surface area contributed by atoms with E-state index in [1.165, 1.54) is 12.8 Å². The third-order valence-corrected chi connectivity index (χ3v) is 4.07. The van der Waals surface area contributed by atoms with Crippen LogP contribution in [0.5, 0.6) is 0 Å². The van der Waals surface area contributed by atoms with Gasteiger partial charge < -0.3 is 4.74 Å². The number of hydrogen-bond acceptors (Lipinski definition) is 2. The molecule has 2 nitrogen and oxygen atoms in total. The van der Waals surface area contributed by atoms with Crippen LogP contribution in [0.4, 0.5) is 0 Å². The van der Waals surface area contributed by atoms with Crippen molar-refractivity contribution in [1.82, 2.24) is 0 Å². The molecule has 0 radical (unpaired) electrons. The van der Waals surface area contributed by atoms with Gasteiger partial charge in [0.1, 0.15) is 5.60 Å². The number of hydrogen-bond donors (Lipinski definition) is 0. The van der Waals surface area contributed by atoms with E-state index in [1.54, 1.807) is 12.1 Å². The molecule has 1 fully saturated rings. The Kier molecular flexibility index (Phi) is 5.00. The van der Waals surface area contributed by atoms with Gasteiger partial charge in [-0.2, -0.15) is 0 Å². The molecule has 0 N–H and O–H groups in total. The molecule has 1 aliphatic rings. The van der Waals surface area contributed by atoms with Crippen molar-refractivity contribution in [2.75, 3.05) is 6.61 Å². The monoisotopic (exact) mass is 280 g/mol. The average molecular weight is 281 g/mol. The highest BCUT2D eigenvalue weighted by atomic mass is 35.5. The fraction of sp³-hybridized carbons (Fsp3) is 0.562. The Bertz CT molecular complexity index is 434. The maximum absolute atomic E-state index is 12.8. The van der Waals surface area contributed by atoms with Gasteiger partial charge in [0.2, 0.25) is 0 Å². The minimum atomic E-state index is -0.629. The maximum Gasteiger partial charge on any atom is 0.194 e. The molecular weight excluding hydrogens is 260 g/mol. The maximum atomic E-state index is 12.8. The summed E-state index contributed by atoms with van der Waals surface area (Å²) in [6.45, 7) is 2.53. The number of rotatable bonds is 4. The first-order valence-electron chi connectivity index (χ1n) is 7.12. The Morgan fingerprint density at radius 2 is 1.95 bits per heavy atom. The van der Waals surface area contributed by atoms with E-state index in [1.807, 2.05) is 19.1 Å². The second kappa shape index (κ2) is 6.53. The molecule has 0 aliphatic heterocycles. The van der Waals surface area contributed by atoms with Crippen molar-refractivity contribution in [1.29, 1.82) is 0 Å². The van der Waals surface area contributed by atoms with E-state index in [2.05, 4.69) is 0 Å². The summed E-state index contributed by atoms with van der Waals surface area (Å²) in [5.41, 5.74) is 0.0403. The lowest BCUT2D eigenvalue weighted by Crippen LogP contribution is -2.41. The molecule has 3 heteroatoms. The third kappa shape index (κ3) is 3.37. The zero-order valence-corrected chi connectivity index (χ0v) is 12.2. The van der Waals surface area contributed by atoms with E-state index >= 15 is 0 Å². The number of ether oxygens (including phenoxy) is 1. The molecule has 1 aromatic carbocycles. The molecule has 2 rings (SSSR count). The van der Waals surface area contributed by atoms with Crippen LogP contribution in [0.3, 0.4) is 0 Å². The second-order valence-electron chi connectivity index (χ2n) is 5.18. The first kappa shape index (κ1) is 14.5. The number of Topliss-reactive ketones (excluding diaryl/α,β-unsaturated/α-hetero) is 1. The van der Waals surface area contributed by atoms with Gasteiger partial charge in [0.05, 0.1) is 0 Å². The highest BCUT2D eigenvalue weighted by Crippen LogP contribution is 2.34. The van der Waals surface area contributed by atoms with Crippen LogP contribution in [0, 0.1) is 0 Å². The summed E-state index contributed by atoms with van der Waals surface area (Å²) in [5, 5.41) is 0.603. The first-order valence-corrected chi connectivity index (χ1v) is 7.50. The van der Waals surface area contributed by atoms with E-state index < -0.39 is 5.60 Å². The molecule has 0 spiro atoms. The summed E-state index contributed by atoms with van der Waals surface area (Å²) in [7, 11) is 0. The lowest BCUT2D eigenvalue weighted by molar-refractivity contribution is -0.0292. The van der Waals surface area contributed by atoms with Gasteiger partial charge in [-0.1, -0.05) is 49.4 Å². The molecule has 104 valence electrons. The predicted molar refractivity (Wildman–Crippen MR) is 77.8 cm³/mol. The fourth-order valence-corrected chi connectivity index (χ4v) is 3.10. The third-order valence-electron chi connectivity index (χ3n) is 3.83. The normalized spacial score (nSPS) is 18.8. The second-order valence-corrected chi connectivity index (χ2v) is 5.62. The van der Waals surface area contributed by atoms with Crippen LogP contribution in [0.2, 0.25) is 5.02 Å². The van der Waals surface area contributed by atoms with Gasteiger partial charge in [-0.3, -0.25) is 4.79 Å². The molecule has 1 saturated carbocycles. The van der Waals surface area contributed by atoms with Gasteiger partial charge in [0.25, 0.3) is 0 Å². The molecule has 0 saturated heterocycles. The zero-order valence-electron chi connectivity index (χ0n) is 11.5. The minimum Gasteiger partial charge on any atom is -0.367 e. The molecule has 0 amide bonds. The summed E-state index contributed by atoms with van der Waals surface area (Å²) in [6, 6.07) is 7.19. The van der Waals surface area contributed by atoms with Crippen molar-refractivity contribution in [3.8, 4) is 0 Å². The van der Waals surface area contributed by atoms with E-state index in [0.29, 0.717) is 17.2 Å². The summed E-state index contributed by atoms with van der Waals surface area (Å²) < 4.78 is 5.91. The number of carbonyl (C=O) groups excluding carboxylic acids is 1. The van der Waals surface area contributed by atoms with Crippen molar-refractivity contribution >= 4 is 17.4 Å². The Labute approximate surface area is 120 Å². The largest absolute Gasteiger partial charge is 0.367 e. The lowest BCUT2D eigenvalue weighted by atomic mass is 9.85. The molecule has 0 unspecified atom stereocenters. The van der Waals surface area contributed by atoms with Gasteiger partial charge in [-0.05, 0) is 31.9 Å². The van der Waals surface area contributed by atoms with Crippen molar-refractivity contribution in [3.63, 3.8) is 0 Å². The molecule has 19 heavy (non-hydrogen) atoms. The topological polar surface area (TPSA) is 26.3 Å². The Morgan fingerprint density at radius 1 is 1.26 bits per heavy atom. The molecular formula is C16H21ClO2. The first-order chi connectivity index (χ1) is 9.18. The van der Waals surface area contributed by atoms with E-state index in [4.69, 9.17) is 16.3 Å². The average Bonchev–Trinajstić information content (AvgIpc) is 2.65. The minimum absolute atomic E-state index is 0.0961. The quantitative estimate of drug-likeness (QED) is 0.593. The van der Waals surface area contributed by atoms with Crippen molar-refractivity contribution < 1.29 is 9.53 Å². The Morgan fingerprint density at radius 3 is 2.53 bits per heavy atom. The van der Waals surface area contributed by atoms with Crippen molar-refractivity contribution in [2.24, 2.45) is 0 Å². The molecule has 0 bridgehead atoms. The Balaban J connectivity index is 2.29. The molecule has 1 aliphatic carbocycles. The summed E-state index contributed by atoms with van der Waals surface area (Å²) in [6.07, 6.45) is 6.16. The van der Waals surface area contributed by atoms with Crippen LogP contribution in [0.25, 0.3) is 0 Å². The van der Waals surface area contributed by atoms with Crippen LogP contribution < -0.4 is 0 Å². The van der Waals surface area contributed by atoms with Gasteiger partial charge in [0.15, 0.2) is 5.78 Å². The van der Waals surface area contributed by atoms with Crippen molar-refractivity contribution in [2.45, 2.75) is 51.0 Å². The smallest absolute Gasteiger partial charge is 0.194 e.